The van der Waals surface area contributed by atoms with Crippen molar-refractivity contribution in [1.82, 2.24) is 19.9 Å². The Bertz CT molecular complexity index is 1790. The van der Waals surface area contributed by atoms with Gasteiger partial charge in [0.05, 0.1) is 28.3 Å². The number of H-pyrrole nitrogens is 2. The molecule has 2 aliphatic heterocycles. The predicted octanol–water partition coefficient (Wildman–Crippen LogP) is 7.71. The Morgan fingerprint density at radius 2 is 0.949 bits per heavy atom. The minimum Gasteiger partial charge on any atom is -0.478 e. The molecule has 0 unspecified atom stereocenters. The highest BCUT2D eigenvalue weighted by atomic mass is 16.4. The first-order chi connectivity index (χ1) is 19.1. The number of nitrogens with one attached hydrogen (secondary N) is 2. The van der Waals surface area contributed by atoms with Crippen molar-refractivity contribution < 1.29 is 9.90 Å². The van der Waals surface area contributed by atoms with Gasteiger partial charge in [-0.2, -0.15) is 0 Å². The van der Waals surface area contributed by atoms with Gasteiger partial charge in [0.25, 0.3) is 0 Å². The van der Waals surface area contributed by atoms with Gasteiger partial charge in [-0.3, -0.25) is 0 Å². The maximum Gasteiger partial charge on any atom is 0.335 e. The number of hydrogen-bond donors (Lipinski definition) is 3. The molecular formula is C33H24N4O2. The van der Waals surface area contributed by atoms with Crippen LogP contribution in [-0.2, 0) is 0 Å². The molecule has 188 valence electrons. The Hall–Kier alpha value is -5.49. The summed E-state index contributed by atoms with van der Waals surface area (Å²) in [5, 5.41) is 8.75. The third-order valence-electron chi connectivity index (χ3n) is 6.28. The van der Waals surface area contributed by atoms with Crippen molar-refractivity contribution in [2.45, 2.75) is 0 Å². The lowest BCUT2D eigenvalue weighted by molar-refractivity contribution is 0.0697. The van der Waals surface area contributed by atoms with E-state index >= 15 is 0 Å². The second-order valence-electron chi connectivity index (χ2n) is 9.15. The summed E-state index contributed by atoms with van der Waals surface area (Å²) in [7, 11) is 0. The Morgan fingerprint density at radius 3 is 1.44 bits per heavy atom. The topological polar surface area (TPSA) is 94.7 Å². The summed E-state index contributed by atoms with van der Waals surface area (Å²) in [5.41, 5.74) is 10.3. The molecule has 5 heterocycles. The Labute approximate surface area is 224 Å². The zero-order valence-corrected chi connectivity index (χ0v) is 20.9. The highest BCUT2D eigenvalue weighted by Crippen LogP contribution is 2.19. The van der Waals surface area contributed by atoms with Crippen LogP contribution in [0.2, 0.25) is 0 Å². The summed E-state index contributed by atoms with van der Waals surface area (Å²) in [6.07, 6.45) is 8.05. The van der Waals surface area contributed by atoms with E-state index < -0.39 is 5.97 Å². The fourth-order valence-electron chi connectivity index (χ4n) is 4.38. The number of carbonyl (C=O) groups is 1. The maximum absolute atomic E-state index is 10.6. The smallest absolute Gasteiger partial charge is 0.335 e. The van der Waals surface area contributed by atoms with E-state index in [2.05, 4.69) is 50.3 Å². The van der Waals surface area contributed by atoms with Crippen molar-refractivity contribution in [2.24, 2.45) is 0 Å². The zero-order valence-electron chi connectivity index (χ0n) is 20.9. The quantitative estimate of drug-likeness (QED) is 0.223. The third kappa shape index (κ3) is 5.76. The molecule has 0 spiro atoms. The van der Waals surface area contributed by atoms with Gasteiger partial charge in [-0.1, -0.05) is 42.5 Å². The van der Waals surface area contributed by atoms with E-state index in [9.17, 15) is 4.79 Å². The molecule has 7 rings (SSSR count). The number of aromatic carboxylic acids is 1. The van der Waals surface area contributed by atoms with Gasteiger partial charge in [-0.05, 0) is 96.1 Å². The molecule has 0 saturated heterocycles. The molecule has 2 aliphatic rings. The fourth-order valence-corrected chi connectivity index (χ4v) is 4.38. The molecule has 3 N–H and O–H groups in total. The summed E-state index contributed by atoms with van der Waals surface area (Å²) < 4.78 is 0. The van der Waals surface area contributed by atoms with Crippen LogP contribution in [0.1, 0.15) is 33.1 Å². The molecule has 2 aromatic carbocycles. The summed E-state index contributed by atoms with van der Waals surface area (Å²) in [5.74, 6) is -0.894. The van der Waals surface area contributed by atoms with E-state index in [4.69, 9.17) is 5.11 Å². The van der Waals surface area contributed by atoms with Crippen molar-refractivity contribution in [3.63, 3.8) is 0 Å². The van der Waals surface area contributed by atoms with E-state index in [1.807, 2.05) is 85.0 Å². The highest BCUT2D eigenvalue weighted by Gasteiger charge is 2.03. The second kappa shape index (κ2) is 10.5. The lowest BCUT2D eigenvalue weighted by Gasteiger charge is -2.01. The standard InChI is InChI=1S/C20H14N4.C13H10O2/c1-2-14-10-16-5-6-18(23-16)12-20-8-7-19(24-20)11-17-4-3-15(22-17)9-13(1)21-14;14-13(15)12-8-6-11(7-9-12)10-4-2-1-3-5-10/h1-12,21-22H;1-9H,(H,14,15). The Kier molecular flexibility index (Phi) is 6.41. The highest BCUT2D eigenvalue weighted by molar-refractivity contribution is 5.88. The van der Waals surface area contributed by atoms with E-state index in [1.165, 1.54) is 0 Å². The molecule has 0 radical (unpaired) electrons. The molecular weight excluding hydrogens is 484 g/mol. The molecule has 8 bridgehead atoms. The first-order valence-corrected chi connectivity index (χ1v) is 12.5. The van der Waals surface area contributed by atoms with E-state index in [1.54, 1.807) is 12.1 Å². The first kappa shape index (κ1) is 23.9. The molecule has 0 saturated carbocycles. The summed E-state index contributed by atoms with van der Waals surface area (Å²) in [6, 6.07) is 33.1. The number of nitrogens with zero attached hydrogens (tertiary/aromatic N) is 2. The van der Waals surface area contributed by atoms with Crippen LogP contribution in [0.25, 0.3) is 57.5 Å². The lowest BCUT2D eigenvalue weighted by Crippen LogP contribution is -1.94. The lowest BCUT2D eigenvalue weighted by atomic mass is 10.0. The molecule has 0 aliphatic carbocycles. The van der Waals surface area contributed by atoms with Gasteiger partial charge in [0.2, 0.25) is 0 Å². The van der Waals surface area contributed by atoms with Gasteiger partial charge in [-0.25, -0.2) is 14.8 Å². The molecule has 6 nitrogen and oxygen atoms in total. The minimum atomic E-state index is -0.894. The average molecular weight is 509 g/mol. The van der Waals surface area contributed by atoms with Gasteiger partial charge in [0, 0.05) is 22.1 Å². The van der Waals surface area contributed by atoms with Crippen LogP contribution in [0.4, 0.5) is 0 Å². The SMILES string of the molecule is C1=Cc2cc3ccc(cc4ccc(cc5nc(cc1n2)C=C5)[nH]4)[nH]3.O=C(O)c1ccc(-c2ccccc2)cc1. The number of aromatic nitrogens is 4. The molecule has 0 fully saturated rings. The second-order valence-corrected chi connectivity index (χ2v) is 9.15. The predicted molar refractivity (Wildman–Crippen MR) is 158 cm³/mol. The number of carboxylic acids is 1. The van der Waals surface area contributed by atoms with Crippen molar-refractivity contribution in [2.75, 3.05) is 0 Å². The van der Waals surface area contributed by atoms with Crippen LogP contribution < -0.4 is 0 Å². The van der Waals surface area contributed by atoms with Crippen LogP contribution in [0, 0.1) is 0 Å². The maximum atomic E-state index is 10.6. The molecule has 6 heteroatoms. The number of hydrogen-bond acceptors (Lipinski definition) is 3. The van der Waals surface area contributed by atoms with Gasteiger partial charge in [0.1, 0.15) is 0 Å². The Balaban J connectivity index is 0.000000159. The summed E-state index contributed by atoms with van der Waals surface area (Å²) in [4.78, 5) is 26.7. The molecule has 0 amide bonds. The normalized spacial score (nSPS) is 11.6. The summed E-state index contributed by atoms with van der Waals surface area (Å²) >= 11 is 0. The molecule has 5 aromatic rings. The van der Waals surface area contributed by atoms with Gasteiger partial charge >= 0.3 is 5.97 Å². The van der Waals surface area contributed by atoms with Crippen LogP contribution in [0.5, 0.6) is 0 Å². The average Bonchev–Trinajstić information content (AvgIpc) is 3.76. The van der Waals surface area contributed by atoms with Crippen molar-refractivity contribution in [3.8, 4) is 11.1 Å². The molecule has 3 aromatic heterocycles. The Morgan fingerprint density at radius 1 is 0.513 bits per heavy atom. The van der Waals surface area contributed by atoms with Gasteiger partial charge in [0.15, 0.2) is 0 Å². The zero-order chi connectivity index (χ0) is 26.6. The van der Waals surface area contributed by atoms with Crippen LogP contribution in [0.3, 0.4) is 0 Å². The minimum absolute atomic E-state index is 0.315. The molecule has 39 heavy (non-hydrogen) atoms. The van der Waals surface area contributed by atoms with E-state index in [0.29, 0.717) is 5.56 Å². The monoisotopic (exact) mass is 508 g/mol. The van der Waals surface area contributed by atoms with Crippen LogP contribution in [0.15, 0.2) is 103 Å². The number of benzene rings is 2. The van der Waals surface area contributed by atoms with Crippen molar-refractivity contribution >= 4 is 52.3 Å². The van der Waals surface area contributed by atoms with Crippen molar-refractivity contribution in [3.05, 3.63) is 131 Å². The number of aromatic amines is 2. The number of rotatable bonds is 2. The molecule has 0 atom stereocenters. The number of carboxylic acid groups (broad SMARTS) is 1. The van der Waals surface area contributed by atoms with Gasteiger partial charge < -0.3 is 15.1 Å². The van der Waals surface area contributed by atoms with E-state index in [-0.39, 0.29) is 0 Å². The third-order valence-corrected chi connectivity index (χ3v) is 6.28. The van der Waals surface area contributed by atoms with Crippen LogP contribution in [-0.4, -0.2) is 31.0 Å². The fraction of sp³-hybridized carbons (Fsp3) is 0. The van der Waals surface area contributed by atoms with Crippen molar-refractivity contribution in [1.29, 1.82) is 0 Å². The van der Waals surface area contributed by atoms with E-state index in [0.717, 1.165) is 56.0 Å². The van der Waals surface area contributed by atoms with Gasteiger partial charge in [-0.15, -0.1) is 0 Å². The largest absolute Gasteiger partial charge is 0.478 e. The van der Waals surface area contributed by atoms with Crippen LogP contribution >= 0.6 is 0 Å². The number of fused-ring (bicyclic) bond motifs is 8. The summed E-state index contributed by atoms with van der Waals surface area (Å²) in [6.45, 7) is 0. The first-order valence-electron chi connectivity index (χ1n) is 12.5.